The van der Waals surface area contributed by atoms with Gasteiger partial charge in [0.1, 0.15) is 11.9 Å². The van der Waals surface area contributed by atoms with Crippen LogP contribution in [-0.4, -0.2) is 32.2 Å². The summed E-state index contributed by atoms with van der Waals surface area (Å²) in [6.07, 6.45) is -0.270. The van der Waals surface area contributed by atoms with Crippen molar-refractivity contribution in [1.29, 1.82) is 0 Å². The normalized spacial score (nSPS) is 15.8. The predicted octanol–water partition coefficient (Wildman–Crippen LogP) is 3.55. The second kappa shape index (κ2) is 7.30. The van der Waals surface area contributed by atoms with Gasteiger partial charge in [-0.15, -0.1) is 5.10 Å². The summed E-state index contributed by atoms with van der Waals surface area (Å²) in [6, 6.07) is 10.5. The molecule has 4 aromatic rings. The van der Waals surface area contributed by atoms with Crippen molar-refractivity contribution in [2.75, 3.05) is 7.11 Å². The molecule has 0 N–H and O–H groups in total. The van der Waals surface area contributed by atoms with Crippen molar-refractivity contribution in [2.24, 2.45) is 0 Å². The number of nitrogens with zero attached hydrogens (tertiary/aromatic N) is 5. The average molecular weight is 411 g/mol. The highest BCUT2D eigenvalue weighted by atomic mass is 19.1. The summed E-state index contributed by atoms with van der Waals surface area (Å²) in [5, 5.41) is 12.2. The topological polar surface area (TPSA) is 88.1 Å². The minimum atomic E-state index is -0.525. The summed E-state index contributed by atoms with van der Waals surface area (Å²) >= 11 is 0. The Labute approximate surface area is 169 Å². The summed E-state index contributed by atoms with van der Waals surface area (Å²) in [5.41, 5.74) is 2.38. The number of rotatable bonds is 4. The van der Waals surface area contributed by atoms with Gasteiger partial charge in [0.25, 0.3) is 5.89 Å². The van der Waals surface area contributed by atoms with Crippen LogP contribution in [0, 0.1) is 11.6 Å². The molecule has 1 aliphatic heterocycles. The zero-order chi connectivity index (χ0) is 20.7. The van der Waals surface area contributed by atoms with Crippen molar-refractivity contribution in [1.82, 2.24) is 25.1 Å². The SMILES string of the molecule is COc1ccc(-c2noc(-c3nnn4c3CO[C@H](c3ccc(F)cc3)C4)n2)cc1F. The van der Waals surface area contributed by atoms with E-state index in [4.69, 9.17) is 14.0 Å². The molecule has 0 fully saturated rings. The Bertz CT molecular complexity index is 1210. The molecule has 10 heteroatoms. The van der Waals surface area contributed by atoms with E-state index in [0.717, 1.165) is 5.56 Å². The molecule has 8 nitrogen and oxygen atoms in total. The maximum absolute atomic E-state index is 14.0. The van der Waals surface area contributed by atoms with E-state index in [1.807, 2.05) is 0 Å². The minimum absolute atomic E-state index is 0.127. The molecular weight excluding hydrogens is 396 g/mol. The van der Waals surface area contributed by atoms with Crippen LogP contribution in [0.15, 0.2) is 47.0 Å². The fourth-order valence-electron chi connectivity index (χ4n) is 3.30. The van der Waals surface area contributed by atoms with Crippen molar-refractivity contribution < 1.29 is 22.8 Å². The molecule has 0 bridgehead atoms. The van der Waals surface area contributed by atoms with Gasteiger partial charge in [-0.05, 0) is 35.9 Å². The van der Waals surface area contributed by atoms with E-state index >= 15 is 0 Å². The standard InChI is InChI=1S/C20H15F2N5O3/c1-28-16-7-4-12(8-14(16)22)19-23-20(30-25-19)18-15-10-29-17(9-27(15)26-24-18)11-2-5-13(21)6-3-11/h2-8,17H,9-10H2,1H3/t17-/m0/s1. The van der Waals surface area contributed by atoms with Gasteiger partial charge >= 0.3 is 0 Å². The van der Waals surface area contributed by atoms with Gasteiger partial charge in [-0.25, -0.2) is 13.5 Å². The smallest absolute Gasteiger partial charge is 0.280 e. The van der Waals surface area contributed by atoms with E-state index in [1.54, 1.807) is 22.9 Å². The molecule has 1 atom stereocenters. The summed E-state index contributed by atoms with van der Waals surface area (Å²) in [4.78, 5) is 4.32. The van der Waals surface area contributed by atoms with Crippen molar-refractivity contribution in [3.05, 3.63) is 65.4 Å². The third kappa shape index (κ3) is 3.20. The lowest BCUT2D eigenvalue weighted by molar-refractivity contribution is -0.00120. The Morgan fingerprint density at radius 2 is 1.97 bits per heavy atom. The molecule has 3 heterocycles. The predicted molar refractivity (Wildman–Crippen MR) is 99.2 cm³/mol. The first kappa shape index (κ1) is 18.4. The van der Waals surface area contributed by atoms with Gasteiger partial charge in [0.05, 0.1) is 26.0 Å². The first-order chi connectivity index (χ1) is 14.6. The Hall–Kier alpha value is -3.66. The lowest BCUT2D eigenvalue weighted by Gasteiger charge is -2.24. The van der Waals surface area contributed by atoms with Gasteiger partial charge in [0.2, 0.25) is 5.82 Å². The van der Waals surface area contributed by atoms with E-state index in [9.17, 15) is 8.78 Å². The fraction of sp³-hybridized carbons (Fsp3) is 0.200. The van der Waals surface area contributed by atoms with Gasteiger partial charge in [-0.3, -0.25) is 0 Å². The number of hydrogen-bond acceptors (Lipinski definition) is 7. The first-order valence-electron chi connectivity index (χ1n) is 9.10. The van der Waals surface area contributed by atoms with Crippen LogP contribution in [0.3, 0.4) is 0 Å². The van der Waals surface area contributed by atoms with Crippen LogP contribution in [-0.2, 0) is 17.9 Å². The molecule has 152 valence electrons. The third-order valence-electron chi connectivity index (χ3n) is 4.88. The van der Waals surface area contributed by atoms with Crippen LogP contribution < -0.4 is 4.74 Å². The van der Waals surface area contributed by atoms with Crippen LogP contribution >= 0.6 is 0 Å². The second-order valence-corrected chi connectivity index (χ2v) is 6.69. The van der Waals surface area contributed by atoms with Crippen LogP contribution in [0.25, 0.3) is 23.0 Å². The summed E-state index contributed by atoms with van der Waals surface area (Å²) in [6.45, 7) is 0.637. The van der Waals surface area contributed by atoms with E-state index in [2.05, 4.69) is 20.5 Å². The lowest BCUT2D eigenvalue weighted by atomic mass is 10.1. The van der Waals surface area contributed by atoms with E-state index in [-0.39, 0.29) is 36.0 Å². The van der Waals surface area contributed by atoms with Gasteiger partial charge in [-0.2, -0.15) is 4.98 Å². The van der Waals surface area contributed by atoms with Crippen LogP contribution in [0.2, 0.25) is 0 Å². The van der Waals surface area contributed by atoms with Crippen molar-refractivity contribution in [2.45, 2.75) is 19.3 Å². The Morgan fingerprint density at radius 3 is 2.73 bits per heavy atom. The minimum Gasteiger partial charge on any atom is -0.494 e. The van der Waals surface area contributed by atoms with E-state index < -0.39 is 5.82 Å². The molecule has 0 aliphatic carbocycles. The number of hydrogen-bond donors (Lipinski definition) is 0. The second-order valence-electron chi connectivity index (χ2n) is 6.69. The van der Waals surface area contributed by atoms with Crippen molar-refractivity contribution in [3.8, 4) is 28.7 Å². The van der Waals surface area contributed by atoms with Crippen molar-refractivity contribution >= 4 is 0 Å². The maximum Gasteiger partial charge on any atom is 0.280 e. The summed E-state index contributed by atoms with van der Waals surface area (Å²) in [5.74, 6) is -0.326. The first-order valence-corrected chi connectivity index (χ1v) is 9.10. The van der Waals surface area contributed by atoms with Crippen LogP contribution in [0.5, 0.6) is 5.75 Å². The fourth-order valence-corrected chi connectivity index (χ4v) is 3.30. The number of aromatic nitrogens is 5. The molecule has 0 radical (unpaired) electrons. The highest BCUT2D eigenvalue weighted by Crippen LogP contribution is 2.31. The zero-order valence-corrected chi connectivity index (χ0v) is 15.7. The lowest BCUT2D eigenvalue weighted by Crippen LogP contribution is -2.22. The molecule has 5 rings (SSSR count). The molecule has 0 unspecified atom stereocenters. The Morgan fingerprint density at radius 1 is 1.13 bits per heavy atom. The van der Waals surface area contributed by atoms with E-state index in [1.165, 1.54) is 31.4 Å². The summed E-state index contributed by atoms with van der Waals surface area (Å²) < 4.78 is 45.0. The van der Waals surface area contributed by atoms with Gasteiger partial charge in [0.15, 0.2) is 17.3 Å². The molecule has 30 heavy (non-hydrogen) atoms. The molecule has 1 aliphatic rings. The van der Waals surface area contributed by atoms with Gasteiger partial charge in [0, 0.05) is 5.56 Å². The molecular formula is C20H15F2N5O3. The largest absolute Gasteiger partial charge is 0.494 e. The number of methoxy groups -OCH3 is 1. The van der Waals surface area contributed by atoms with E-state index in [0.29, 0.717) is 23.5 Å². The molecule has 0 saturated carbocycles. The van der Waals surface area contributed by atoms with Crippen molar-refractivity contribution in [3.63, 3.8) is 0 Å². The Kier molecular flexibility index (Phi) is 4.47. The zero-order valence-electron chi connectivity index (χ0n) is 15.7. The van der Waals surface area contributed by atoms with Gasteiger partial charge < -0.3 is 14.0 Å². The van der Waals surface area contributed by atoms with Crippen LogP contribution in [0.4, 0.5) is 8.78 Å². The molecule has 2 aromatic carbocycles. The highest BCUT2D eigenvalue weighted by Gasteiger charge is 2.28. The number of halogens is 2. The maximum atomic E-state index is 14.0. The Balaban J connectivity index is 1.40. The molecule has 0 spiro atoms. The highest BCUT2D eigenvalue weighted by molar-refractivity contribution is 5.59. The third-order valence-corrected chi connectivity index (χ3v) is 4.88. The molecule has 0 amide bonds. The molecule has 0 saturated heterocycles. The van der Waals surface area contributed by atoms with Crippen LogP contribution in [0.1, 0.15) is 17.4 Å². The van der Waals surface area contributed by atoms with Gasteiger partial charge in [-0.1, -0.05) is 22.5 Å². The number of fused-ring (bicyclic) bond motifs is 1. The number of ether oxygens (including phenoxy) is 2. The average Bonchev–Trinajstić information content (AvgIpc) is 3.41. The quantitative estimate of drug-likeness (QED) is 0.507. The monoisotopic (exact) mass is 411 g/mol. The number of benzene rings is 2. The summed E-state index contributed by atoms with van der Waals surface area (Å²) in [7, 11) is 1.39. The molecule has 2 aromatic heterocycles.